The summed E-state index contributed by atoms with van der Waals surface area (Å²) < 4.78 is 0.943. The first-order valence-corrected chi connectivity index (χ1v) is 8.75. The number of carbonyl (C=O) groups excluding carboxylic acids is 1. The number of nitrogens with two attached hydrogens (primary N) is 1. The van der Waals surface area contributed by atoms with E-state index in [-0.39, 0.29) is 5.91 Å². The monoisotopic (exact) mass is 390 g/mol. The molecule has 0 aliphatic heterocycles. The van der Waals surface area contributed by atoms with E-state index in [0.717, 1.165) is 28.9 Å². The van der Waals surface area contributed by atoms with E-state index in [1.807, 2.05) is 36.4 Å². The molecule has 0 fully saturated rings. The predicted molar refractivity (Wildman–Crippen MR) is 102 cm³/mol. The summed E-state index contributed by atoms with van der Waals surface area (Å²) in [6, 6.07) is 11.2. The zero-order valence-corrected chi connectivity index (χ0v) is 15.8. The Balaban J connectivity index is 2.12. The Bertz CT molecular complexity index is 679. The number of amides is 1. The van der Waals surface area contributed by atoms with Gasteiger partial charge in [-0.15, -0.1) is 0 Å². The summed E-state index contributed by atoms with van der Waals surface area (Å²) in [7, 11) is 0. The lowest BCUT2D eigenvalue weighted by Crippen LogP contribution is -2.45. The van der Waals surface area contributed by atoms with Gasteiger partial charge in [-0.2, -0.15) is 0 Å². The number of halogens is 1. The summed E-state index contributed by atoms with van der Waals surface area (Å²) in [5.41, 5.74) is 6.49. The molecule has 5 nitrogen and oxygen atoms in total. The highest BCUT2D eigenvalue weighted by Gasteiger charge is 2.30. The molecule has 0 saturated carbocycles. The molecular weight excluding hydrogens is 368 g/mol. The quantitative estimate of drug-likeness (QED) is 0.791. The number of anilines is 2. The van der Waals surface area contributed by atoms with Crippen molar-refractivity contribution in [3.05, 3.63) is 52.6 Å². The van der Waals surface area contributed by atoms with Crippen LogP contribution >= 0.6 is 15.9 Å². The standard InChI is InChI=1S/C18H23BrN4O/c1-4-23(5-2)16-11-10-15(12-21-16)22-17(24)18(3,20)13-6-8-14(19)9-7-13/h6-12H,4-5,20H2,1-3H3,(H,22,24). The fraction of sp³-hybridized carbons (Fsp3) is 0.333. The van der Waals surface area contributed by atoms with Crippen LogP contribution in [-0.2, 0) is 10.3 Å². The minimum Gasteiger partial charge on any atom is -0.357 e. The van der Waals surface area contributed by atoms with Crippen molar-refractivity contribution in [3.63, 3.8) is 0 Å². The molecule has 0 aliphatic rings. The van der Waals surface area contributed by atoms with Crippen LogP contribution in [0, 0.1) is 0 Å². The topological polar surface area (TPSA) is 71.2 Å². The molecule has 0 aliphatic carbocycles. The molecule has 2 rings (SSSR count). The molecule has 2 aromatic rings. The smallest absolute Gasteiger partial charge is 0.248 e. The first-order valence-electron chi connectivity index (χ1n) is 7.95. The van der Waals surface area contributed by atoms with Crippen molar-refractivity contribution in [1.29, 1.82) is 0 Å². The highest BCUT2D eigenvalue weighted by molar-refractivity contribution is 9.10. The van der Waals surface area contributed by atoms with E-state index < -0.39 is 5.54 Å². The average molecular weight is 391 g/mol. The molecule has 1 aromatic carbocycles. The van der Waals surface area contributed by atoms with Gasteiger partial charge in [-0.05, 0) is 50.6 Å². The summed E-state index contributed by atoms with van der Waals surface area (Å²) >= 11 is 3.38. The lowest BCUT2D eigenvalue weighted by Gasteiger charge is -2.24. The van der Waals surface area contributed by atoms with Gasteiger partial charge in [0.2, 0.25) is 5.91 Å². The molecule has 1 amide bonds. The van der Waals surface area contributed by atoms with Crippen LogP contribution in [-0.4, -0.2) is 24.0 Å². The average Bonchev–Trinajstić information content (AvgIpc) is 2.58. The predicted octanol–water partition coefficient (Wildman–Crippen LogP) is 3.50. The van der Waals surface area contributed by atoms with Crippen LogP contribution in [0.3, 0.4) is 0 Å². The fourth-order valence-electron chi connectivity index (χ4n) is 2.38. The van der Waals surface area contributed by atoms with Crippen molar-refractivity contribution in [1.82, 2.24) is 4.98 Å². The Kier molecular flexibility index (Phi) is 5.96. The van der Waals surface area contributed by atoms with Crippen molar-refractivity contribution in [2.75, 3.05) is 23.3 Å². The Morgan fingerprint density at radius 1 is 1.21 bits per heavy atom. The van der Waals surface area contributed by atoms with Gasteiger partial charge in [0, 0.05) is 17.6 Å². The van der Waals surface area contributed by atoms with Crippen LogP contribution in [0.5, 0.6) is 0 Å². The number of carbonyl (C=O) groups is 1. The third-order valence-electron chi connectivity index (χ3n) is 4.01. The van der Waals surface area contributed by atoms with E-state index in [4.69, 9.17) is 5.73 Å². The van der Waals surface area contributed by atoms with Crippen molar-refractivity contribution in [2.45, 2.75) is 26.3 Å². The molecule has 1 atom stereocenters. The van der Waals surface area contributed by atoms with Crippen LogP contribution in [0.25, 0.3) is 0 Å². The number of hydrogen-bond acceptors (Lipinski definition) is 4. The van der Waals surface area contributed by atoms with Crippen LogP contribution < -0.4 is 16.0 Å². The van der Waals surface area contributed by atoms with Gasteiger partial charge < -0.3 is 16.0 Å². The minimum absolute atomic E-state index is 0.276. The lowest BCUT2D eigenvalue weighted by molar-refractivity contribution is -0.120. The van der Waals surface area contributed by atoms with Gasteiger partial charge in [-0.25, -0.2) is 4.98 Å². The van der Waals surface area contributed by atoms with Crippen LogP contribution in [0.2, 0.25) is 0 Å². The van der Waals surface area contributed by atoms with Gasteiger partial charge in [0.05, 0.1) is 11.9 Å². The number of nitrogens with zero attached hydrogens (tertiary/aromatic N) is 2. The van der Waals surface area contributed by atoms with Gasteiger partial charge >= 0.3 is 0 Å². The second kappa shape index (κ2) is 7.77. The molecule has 1 heterocycles. The first kappa shape index (κ1) is 18.4. The Hall–Kier alpha value is -1.92. The van der Waals surface area contributed by atoms with Gasteiger partial charge in [-0.1, -0.05) is 28.1 Å². The second-order valence-electron chi connectivity index (χ2n) is 5.74. The molecule has 0 bridgehead atoms. The van der Waals surface area contributed by atoms with Gasteiger partial charge in [0.25, 0.3) is 0 Å². The van der Waals surface area contributed by atoms with Crippen molar-refractivity contribution < 1.29 is 4.79 Å². The minimum atomic E-state index is -1.13. The molecule has 128 valence electrons. The number of aromatic nitrogens is 1. The van der Waals surface area contributed by atoms with E-state index >= 15 is 0 Å². The van der Waals surface area contributed by atoms with Gasteiger partial charge in [0.1, 0.15) is 11.4 Å². The maximum absolute atomic E-state index is 12.6. The Morgan fingerprint density at radius 2 is 1.83 bits per heavy atom. The zero-order valence-electron chi connectivity index (χ0n) is 14.2. The Morgan fingerprint density at radius 3 is 2.33 bits per heavy atom. The molecule has 24 heavy (non-hydrogen) atoms. The molecule has 6 heteroatoms. The highest BCUT2D eigenvalue weighted by Crippen LogP contribution is 2.22. The molecule has 0 saturated heterocycles. The summed E-state index contributed by atoms with van der Waals surface area (Å²) in [6.07, 6.45) is 1.66. The van der Waals surface area contributed by atoms with Crippen molar-refractivity contribution >= 4 is 33.3 Å². The van der Waals surface area contributed by atoms with Crippen molar-refractivity contribution in [2.24, 2.45) is 5.73 Å². The number of hydrogen-bond donors (Lipinski definition) is 2. The van der Waals surface area contributed by atoms with Crippen molar-refractivity contribution in [3.8, 4) is 0 Å². The highest BCUT2D eigenvalue weighted by atomic mass is 79.9. The third kappa shape index (κ3) is 4.13. The van der Waals surface area contributed by atoms with E-state index in [2.05, 4.69) is 45.0 Å². The zero-order chi connectivity index (χ0) is 17.7. The molecule has 1 aromatic heterocycles. The molecule has 0 radical (unpaired) electrons. The maximum Gasteiger partial charge on any atom is 0.248 e. The van der Waals surface area contributed by atoms with Gasteiger partial charge in [-0.3, -0.25) is 4.79 Å². The van der Waals surface area contributed by atoms with E-state index in [1.54, 1.807) is 13.1 Å². The normalized spacial score (nSPS) is 13.2. The van der Waals surface area contributed by atoms with E-state index in [0.29, 0.717) is 5.69 Å². The molecule has 1 unspecified atom stereocenters. The first-order chi connectivity index (χ1) is 11.4. The Labute approximate surface area is 151 Å². The molecule has 0 spiro atoms. The van der Waals surface area contributed by atoms with Crippen LogP contribution in [0.1, 0.15) is 26.3 Å². The number of benzene rings is 1. The van der Waals surface area contributed by atoms with Crippen LogP contribution in [0.4, 0.5) is 11.5 Å². The SMILES string of the molecule is CCN(CC)c1ccc(NC(=O)C(C)(N)c2ccc(Br)cc2)cn1. The summed E-state index contributed by atoms with van der Waals surface area (Å²) in [4.78, 5) is 19.1. The lowest BCUT2D eigenvalue weighted by atomic mass is 9.92. The summed E-state index contributed by atoms with van der Waals surface area (Å²) in [6.45, 7) is 7.64. The van der Waals surface area contributed by atoms with E-state index in [1.165, 1.54) is 0 Å². The van der Waals surface area contributed by atoms with Gasteiger partial charge in [0.15, 0.2) is 0 Å². The largest absolute Gasteiger partial charge is 0.357 e. The second-order valence-corrected chi connectivity index (χ2v) is 6.66. The summed E-state index contributed by atoms with van der Waals surface area (Å²) in [5, 5.41) is 2.84. The fourth-order valence-corrected chi connectivity index (χ4v) is 2.65. The number of pyridine rings is 1. The molecule has 3 N–H and O–H groups in total. The summed E-state index contributed by atoms with van der Waals surface area (Å²) in [5.74, 6) is 0.614. The third-order valence-corrected chi connectivity index (χ3v) is 4.54. The molecular formula is C18H23BrN4O. The number of nitrogens with one attached hydrogen (secondary N) is 1. The number of rotatable bonds is 6. The van der Waals surface area contributed by atoms with E-state index in [9.17, 15) is 4.79 Å². The maximum atomic E-state index is 12.6. The van der Waals surface area contributed by atoms with Crippen LogP contribution in [0.15, 0.2) is 47.1 Å².